The number of hydrogen-bond donors (Lipinski definition) is 4. The first-order valence-electron chi connectivity index (χ1n) is 12.8. The number of benzene rings is 2. The van der Waals surface area contributed by atoms with E-state index in [-0.39, 0.29) is 37.3 Å². The topological polar surface area (TPSA) is 168 Å². The van der Waals surface area contributed by atoms with Gasteiger partial charge in [-0.05, 0) is 49.9 Å². The number of methoxy groups -OCH3 is 1. The third kappa shape index (κ3) is 11.0. The van der Waals surface area contributed by atoms with Crippen molar-refractivity contribution in [3.05, 3.63) is 71.6 Å². The zero-order valence-corrected chi connectivity index (χ0v) is 27.0. The molecule has 17 heteroatoms. The van der Waals surface area contributed by atoms with Crippen molar-refractivity contribution in [2.24, 2.45) is 0 Å². The molecule has 0 saturated carbocycles. The van der Waals surface area contributed by atoms with Crippen molar-refractivity contribution >= 4 is 78.4 Å². The maximum absolute atomic E-state index is 12.5. The molecule has 0 aliphatic carbocycles. The van der Waals surface area contributed by atoms with E-state index in [1.807, 2.05) is 11.9 Å². The van der Waals surface area contributed by atoms with E-state index >= 15 is 0 Å². The molecule has 0 radical (unpaired) electrons. The SMILES string of the molecule is COc1cc2c(Nc3ccc(NC(=O)c4cccc(Cl)c4)nc3)ncnc2cc1OCCCN(C)CCOP(=O)(O)O.Cl.Cl. The number of anilines is 3. The average Bonchev–Trinajstić information content (AvgIpc) is 2.95. The summed E-state index contributed by atoms with van der Waals surface area (Å²) in [4.78, 5) is 44.9. The maximum Gasteiger partial charge on any atom is 0.469 e. The average molecular weight is 690 g/mol. The predicted octanol–water partition coefficient (Wildman–Crippen LogP) is 5.34. The van der Waals surface area contributed by atoms with Gasteiger partial charge in [0.15, 0.2) is 11.5 Å². The Balaban J connectivity index is 0.00000337. The van der Waals surface area contributed by atoms with Crippen LogP contribution in [0.5, 0.6) is 11.5 Å². The van der Waals surface area contributed by atoms with Gasteiger partial charge in [0, 0.05) is 35.1 Å². The molecule has 0 spiro atoms. The molecule has 0 unspecified atom stereocenters. The fourth-order valence-electron chi connectivity index (χ4n) is 3.88. The lowest BCUT2D eigenvalue weighted by Crippen LogP contribution is -2.25. The maximum atomic E-state index is 12.5. The molecule has 0 saturated heterocycles. The van der Waals surface area contributed by atoms with Crippen LogP contribution >= 0.6 is 44.2 Å². The molecule has 4 rings (SSSR count). The van der Waals surface area contributed by atoms with Crippen LogP contribution in [0.4, 0.5) is 17.3 Å². The number of halogens is 3. The van der Waals surface area contributed by atoms with Gasteiger partial charge in [0.25, 0.3) is 5.91 Å². The monoisotopic (exact) mass is 688 g/mol. The second-order valence-electron chi connectivity index (χ2n) is 9.09. The number of aromatic nitrogens is 3. The van der Waals surface area contributed by atoms with Crippen LogP contribution in [0.3, 0.4) is 0 Å². The minimum Gasteiger partial charge on any atom is -0.493 e. The Labute approximate surface area is 271 Å². The number of carbonyl (C=O) groups is 1. The molecule has 0 atom stereocenters. The number of likely N-dealkylation sites (N-methyl/N-ethyl adjacent to an activating group) is 1. The van der Waals surface area contributed by atoms with E-state index in [1.54, 1.807) is 61.8 Å². The second kappa shape index (κ2) is 17.3. The third-order valence-corrected chi connectivity index (χ3v) is 6.70. The number of amides is 1. The lowest BCUT2D eigenvalue weighted by Gasteiger charge is -2.17. The van der Waals surface area contributed by atoms with Gasteiger partial charge in [-0.15, -0.1) is 24.8 Å². The molecule has 0 fully saturated rings. The van der Waals surface area contributed by atoms with Gasteiger partial charge in [-0.25, -0.2) is 19.5 Å². The fourth-order valence-corrected chi connectivity index (χ4v) is 4.39. The summed E-state index contributed by atoms with van der Waals surface area (Å²) in [6, 6.07) is 13.6. The van der Waals surface area contributed by atoms with Crippen LogP contribution in [-0.2, 0) is 9.09 Å². The van der Waals surface area contributed by atoms with Crippen molar-refractivity contribution in [1.82, 2.24) is 19.9 Å². The van der Waals surface area contributed by atoms with Crippen LogP contribution in [0.2, 0.25) is 5.02 Å². The zero-order valence-electron chi connectivity index (χ0n) is 23.7. The summed E-state index contributed by atoms with van der Waals surface area (Å²) in [5.74, 6) is 1.60. The van der Waals surface area contributed by atoms with Crippen LogP contribution in [0.25, 0.3) is 10.9 Å². The number of hydrogen-bond acceptors (Lipinski definition) is 10. The molecular weight excluding hydrogens is 658 g/mol. The second-order valence-corrected chi connectivity index (χ2v) is 10.8. The molecule has 44 heavy (non-hydrogen) atoms. The largest absolute Gasteiger partial charge is 0.493 e. The zero-order chi connectivity index (χ0) is 30.1. The molecule has 2 heterocycles. The van der Waals surface area contributed by atoms with Gasteiger partial charge < -0.3 is 34.8 Å². The van der Waals surface area contributed by atoms with Gasteiger partial charge in [-0.2, -0.15) is 0 Å². The molecule has 4 N–H and O–H groups in total. The number of pyridine rings is 1. The van der Waals surface area contributed by atoms with E-state index in [1.165, 1.54) is 6.33 Å². The summed E-state index contributed by atoms with van der Waals surface area (Å²) in [5, 5.41) is 7.13. The smallest absolute Gasteiger partial charge is 0.469 e. The first kappa shape index (κ1) is 36.9. The summed E-state index contributed by atoms with van der Waals surface area (Å²) in [6.07, 6.45) is 3.67. The van der Waals surface area contributed by atoms with Gasteiger partial charge in [-0.1, -0.05) is 17.7 Å². The van der Waals surface area contributed by atoms with E-state index < -0.39 is 7.82 Å². The number of nitrogens with one attached hydrogen (secondary N) is 2. The van der Waals surface area contributed by atoms with Crippen LogP contribution < -0.4 is 20.1 Å². The highest BCUT2D eigenvalue weighted by molar-refractivity contribution is 7.46. The Morgan fingerprint density at radius 2 is 1.82 bits per heavy atom. The molecule has 2 aromatic heterocycles. The summed E-state index contributed by atoms with van der Waals surface area (Å²) in [5.41, 5.74) is 1.70. The van der Waals surface area contributed by atoms with Crippen molar-refractivity contribution in [2.75, 3.05) is 51.1 Å². The molecule has 2 aromatic carbocycles. The Kier molecular flexibility index (Phi) is 14.5. The minimum absolute atomic E-state index is 0. The van der Waals surface area contributed by atoms with Crippen molar-refractivity contribution < 1.29 is 33.1 Å². The highest BCUT2D eigenvalue weighted by atomic mass is 35.5. The quantitative estimate of drug-likeness (QED) is 0.0993. The molecule has 0 aliphatic rings. The lowest BCUT2D eigenvalue weighted by atomic mass is 10.2. The molecular formula is C27H32Cl3N6O7P. The Morgan fingerprint density at radius 1 is 1.02 bits per heavy atom. The standard InChI is InChI=1S/C27H30ClN6O7P.2ClH/c1-34(10-12-41-42(36,37)38)9-4-11-40-24-15-22-21(14-23(24)39-2)26(31-17-30-22)32-20-7-8-25(29-16-20)33-27(35)18-5-3-6-19(28)13-18;;/h3,5-8,13-17H,4,9-12H2,1-2H3,(H,29,33,35)(H,30,31,32)(H2,36,37,38);2*1H. The van der Waals surface area contributed by atoms with E-state index in [9.17, 15) is 9.36 Å². The van der Waals surface area contributed by atoms with Gasteiger partial charge in [-0.3, -0.25) is 9.32 Å². The summed E-state index contributed by atoms with van der Waals surface area (Å²) >= 11 is 5.97. The Hall–Kier alpha value is -3.26. The van der Waals surface area contributed by atoms with Crippen LogP contribution in [0.1, 0.15) is 16.8 Å². The minimum atomic E-state index is -4.47. The van der Waals surface area contributed by atoms with Crippen molar-refractivity contribution in [3.63, 3.8) is 0 Å². The van der Waals surface area contributed by atoms with Crippen LogP contribution in [0, 0.1) is 0 Å². The Morgan fingerprint density at radius 3 is 2.50 bits per heavy atom. The fraction of sp³-hybridized carbons (Fsp3) is 0.259. The van der Waals surface area contributed by atoms with Crippen molar-refractivity contribution in [1.29, 1.82) is 0 Å². The number of phosphoric ester groups is 1. The molecule has 4 aromatic rings. The van der Waals surface area contributed by atoms with Gasteiger partial charge in [0.05, 0.1) is 37.7 Å². The molecule has 1 amide bonds. The highest BCUT2D eigenvalue weighted by Gasteiger charge is 2.15. The third-order valence-electron chi connectivity index (χ3n) is 5.95. The van der Waals surface area contributed by atoms with E-state index in [2.05, 4.69) is 30.1 Å². The number of carbonyl (C=O) groups excluding carboxylic acids is 1. The van der Waals surface area contributed by atoms with E-state index in [4.69, 9.17) is 30.9 Å². The molecule has 13 nitrogen and oxygen atoms in total. The first-order valence-corrected chi connectivity index (χ1v) is 14.7. The van der Waals surface area contributed by atoms with E-state index in [0.717, 1.165) is 0 Å². The number of nitrogens with zero attached hydrogens (tertiary/aromatic N) is 4. The highest BCUT2D eigenvalue weighted by Crippen LogP contribution is 2.36. The lowest BCUT2D eigenvalue weighted by molar-refractivity contribution is 0.102. The molecule has 238 valence electrons. The van der Waals surface area contributed by atoms with Crippen LogP contribution in [0.15, 0.2) is 61.1 Å². The first-order chi connectivity index (χ1) is 20.1. The normalized spacial score (nSPS) is 11.0. The molecule has 0 aliphatic heterocycles. The number of ether oxygens (including phenoxy) is 2. The van der Waals surface area contributed by atoms with Gasteiger partial charge in [0.2, 0.25) is 0 Å². The van der Waals surface area contributed by atoms with Crippen molar-refractivity contribution in [2.45, 2.75) is 6.42 Å². The summed E-state index contributed by atoms with van der Waals surface area (Å²) < 4.78 is 26.7. The Bertz CT molecular complexity index is 1580. The van der Waals surface area contributed by atoms with Gasteiger partial charge in [0.1, 0.15) is 18.0 Å². The van der Waals surface area contributed by atoms with Gasteiger partial charge >= 0.3 is 7.82 Å². The summed E-state index contributed by atoms with van der Waals surface area (Å²) in [6.45, 7) is 1.31. The van der Waals surface area contributed by atoms with Crippen LogP contribution in [-0.4, -0.2) is 76.0 Å². The number of phosphoric acid groups is 1. The molecule has 0 bridgehead atoms. The number of rotatable bonds is 14. The van der Waals surface area contributed by atoms with Crippen molar-refractivity contribution in [3.8, 4) is 11.5 Å². The summed E-state index contributed by atoms with van der Waals surface area (Å²) in [7, 11) is -1.10. The number of fused-ring (bicyclic) bond motifs is 1. The van der Waals surface area contributed by atoms with E-state index in [0.29, 0.717) is 76.4 Å². The predicted molar refractivity (Wildman–Crippen MR) is 173 cm³/mol.